The minimum absolute atomic E-state index is 0.172. The number of hydrogen-bond donors (Lipinski definition) is 1. The van der Waals surface area contributed by atoms with Crippen molar-refractivity contribution in [1.29, 1.82) is 0 Å². The van der Waals surface area contributed by atoms with Crippen molar-refractivity contribution >= 4 is 51.1 Å². The Balaban J connectivity index is 1.17. The van der Waals surface area contributed by atoms with Crippen LogP contribution in [0.1, 0.15) is 61.6 Å². The van der Waals surface area contributed by atoms with Gasteiger partial charge in [0.25, 0.3) is 0 Å². The van der Waals surface area contributed by atoms with Crippen LogP contribution in [-0.2, 0) is 21.4 Å². The molecule has 0 aliphatic carbocycles. The molecule has 3 amide bonds. The maximum Gasteiger partial charge on any atom is 0.0685 e. The largest absolute Gasteiger partial charge is 0.0685 e. The van der Waals surface area contributed by atoms with E-state index in [9.17, 15) is 14.4 Å². The summed E-state index contributed by atoms with van der Waals surface area (Å²) in [5.74, 6) is 0.349. The zero-order chi connectivity index (χ0) is 25.2. The Kier molecular flexibility index (Phi) is 7.84. The predicted molar refractivity (Wildman–Crippen MR) is 136 cm³/mol. The fraction of sp³-hybridized carbons (Fsp3) is 0.615. The molecule has 0 bridgehead atoms. The van der Waals surface area contributed by atoms with Gasteiger partial charge in [0.1, 0.15) is 0 Å². The Labute approximate surface area is 224 Å². The molecule has 3 saturated heterocycles. The molecule has 9 nitrogen and oxygen atoms in total. The molecule has 1 N–H and O–H groups in total. The first-order valence-electron chi connectivity index (χ1n) is 13.0. The van der Waals surface area contributed by atoms with Crippen molar-refractivity contribution in [1.82, 2.24) is 24.9 Å². The fourth-order valence-electron chi connectivity index (χ4n) is 6.02. The van der Waals surface area contributed by atoms with Crippen LogP contribution in [0.2, 0.25) is 0 Å². The van der Waals surface area contributed by atoms with E-state index in [0.29, 0.717) is 29.3 Å². The van der Waals surface area contributed by atoms with Crippen LogP contribution in [0.25, 0.3) is 10.9 Å². The SMILES string of the molecule is Cn1nc(C2CCC(=O)NC2=O)c2ccc(C3CCN(CC4CCN(C(=O)OC[Te])CC4)CC3)cc21. The van der Waals surface area contributed by atoms with Crippen LogP contribution in [0, 0.1) is 5.92 Å². The normalized spacial score (nSPS) is 22.7. The van der Waals surface area contributed by atoms with Crippen LogP contribution < -0.4 is 5.32 Å². The van der Waals surface area contributed by atoms with Crippen LogP contribution >= 0.6 is 0 Å². The van der Waals surface area contributed by atoms with Crippen molar-refractivity contribution in [2.45, 2.75) is 50.4 Å². The predicted octanol–water partition coefficient (Wildman–Crippen LogP) is 2.25. The molecule has 2 aromatic rings. The molecule has 1 atom stereocenters. The molecule has 36 heavy (non-hydrogen) atoms. The van der Waals surface area contributed by atoms with Gasteiger partial charge >= 0.3 is 123 Å². The number of likely N-dealkylation sites (tertiary alicyclic amines) is 2. The number of amides is 3. The Hall–Kier alpha value is -2.15. The van der Waals surface area contributed by atoms with E-state index >= 15 is 0 Å². The molecular weight excluding hydrogens is 574 g/mol. The number of piperidine rings is 3. The first-order valence-corrected chi connectivity index (χ1v) is 14.6. The molecule has 10 heteroatoms. The molecule has 0 saturated carbocycles. The van der Waals surface area contributed by atoms with Crippen molar-refractivity contribution in [3.63, 3.8) is 0 Å². The van der Waals surface area contributed by atoms with E-state index in [-0.39, 0.29) is 23.8 Å². The summed E-state index contributed by atoms with van der Waals surface area (Å²) in [7, 11) is 1.93. The molecule has 0 spiro atoms. The monoisotopic (exact) mass is 610 g/mol. The van der Waals surface area contributed by atoms with E-state index in [4.69, 9.17) is 4.74 Å². The molecule has 1 unspecified atom stereocenters. The summed E-state index contributed by atoms with van der Waals surface area (Å²) in [6.45, 7) is 4.89. The van der Waals surface area contributed by atoms with E-state index < -0.39 is 0 Å². The minimum Gasteiger partial charge on any atom is -0.0326 e. The Morgan fingerprint density at radius 1 is 1.11 bits per heavy atom. The van der Waals surface area contributed by atoms with Crippen molar-refractivity contribution < 1.29 is 19.1 Å². The molecule has 1 aromatic heterocycles. The van der Waals surface area contributed by atoms with Gasteiger partial charge in [0, 0.05) is 18.9 Å². The average molecular weight is 608 g/mol. The van der Waals surface area contributed by atoms with Gasteiger partial charge in [0.05, 0.1) is 17.1 Å². The van der Waals surface area contributed by atoms with Gasteiger partial charge in [-0.2, -0.15) is 5.10 Å². The molecule has 193 valence electrons. The average Bonchev–Trinajstić information content (AvgIpc) is 3.20. The van der Waals surface area contributed by atoms with Crippen LogP contribution in [0.15, 0.2) is 18.2 Å². The molecule has 3 aliphatic heterocycles. The summed E-state index contributed by atoms with van der Waals surface area (Å²) in [4.78, 5) is 40.3. The molecule has 3 fully saturated rings. The number of imide groups is 1. The van der Waals surface area contributed by atoms with E-state index in [2.05, 4.69) is 33.5 Å². The second-order valence-corrected chi connectivity index (χ2v) is 11.0. The zero-order valence-corrected chi connectivity index (χ0v) is 23.1. The summed E-state index contributed by atoms with van der Waals surface area (Å²) in [5.41, 5.74) is 3.15. The number of carbonyl (C=O) groups excluding carboxylic acids is 3. The van der Waals surface area contributed by atoms with E-state index in [1.807, 2.05) is 16.6 Å². The van der Waals surface area contributed by atoms with Crippen LogP contribution in [-0.4, -0.2) is 97.2 Å². The van der Waals surface area contributed by atoms with E-state index in [0.717, 1.165) is 75.0 Å². The van der Waals surface area contributed by atoms with Crippen molar-refractivity contribution in [2.24, 2.45) is 13.0 Å². The molecule has 1 radical (unpaired) electrons. The van der Waals surface area contributed by atoms with Gasteiger partial charge in [-0.1, -0.05) is 12.1 Å². The number of nitrogens with zero attached hydrogens (tertiary/aromatic N) is 4. The second-order valence-electron chi connectivity index (χ2n) is 10.3. The van der Waals surface area contributed by atoms with Gasteiger partial charge in [-0.3, -0.25) is 19.6 Å². The third-order valence-electron chi connectivity index (χ3n) is 8.10. The van der Waals surface area contributed by atoms with Crippen LogP contribution in [0.3, 0.4) is 0 Å². The second kappa shape index (κ2) is 11.1. The van der Waals surface area contributed by atoms with Crippen LogP contribution in [0.5, 0.6) is 0 Å². The summed E-state index contributed by atoms with van der Waals surface area (Å²) >= 11 is 1.78. The van der Waals surface area contributed by atoms with Crippen molar-refractivity contribution in [3.05, 3.63) is 29.5 Å². The number of fused-ring (bicyclic) bond motifs is 1. The molecule has 5 rings (SSSR count). The number of aryl methyl sites for hydroxylation is 1. The standard InChI is InChI=1S/C26H34N5O4Te/c1-29-22-14-19(2-3-20(22)24(28-29)21-4-5-23(32)27-25(21)33)18-8-10-30(11-9-18)15-17-6-12-31(13-7-17)26(34)35-16-36/h2-3,14,17-18,21H,4-13,15-16H2,1H3,(H,27,32,33). The molecule has 4 heterocycles. The van der Waals surface area contributed by atoms with Crippen molar-refractivity contribution in [2.75, 3.05) is 37.4 Å². The smallest absolute Gasteiger partial charge is 0.0326 e. The molecule has 3 aliphatic rings. The number of benzene rings is 1. The molecule has 1 aromatic carbocycles. The number of rotatable bonds is 5. The van der Waals surface area contributed by atoms with Gasteiger partial charge < -0.3 is 0 Å². The fourth-order valence-corrected chi connectivity index (χ4v) is 6.31. The minimum atomic E-state index is -0.371. The summed E-state index contributed by atoms with van der Waals surface area (Å²) in [6.07, 6.45) is 5.05. The van der Waals surface area contributed by atoms with Crippen molar-refractivity contribution in [3.8, 4) is 0 Å². The first kappa shape index (κ1) is 25.5. The first-order chi connectivity index (χ1) is 17.4. The quantitative estimate of drug-likeness (QED) is 0.414. The van der Waals surface area contributed by atoms with Gasteiger partial charge in [0.15, 0.2) is 0 Å². The Morgan fingerprint density at radius 3 is 2.56 bits per heavy atom. The van der Waals surface area contributed by atoms with E-state index in [1.165, 1.54) is 5.56 Å². The van der Waals surface area contributed by atoms with Gasteiger partial charge in [-0.25, -0.2) is 0 Å². The van der Waals surface area contributed by atoms with Gasteiger partial charge in [-0.05, 0) is 18.1 Å². The topological polar surface area (TPSA) is 96.8 Å². The Bertz CT molecular complexity index is 1130. The third kappa shape index (κ3) is 5.41. The van der Waals surface area contributed by atoms with Gasteiger partial charge in [-0.15, -0.1) is 0 Å². The number of carbonyl (C=O) groups is 3. The summed E-state index contributed by atoms with van der Waals surface area (Å²) < 4.78 is 7.45. The van der Waals surface area contributed by atoms with Gasteiger partial charge in [0.2, 0.25) is 11.8 Å². The number of aromatic nitrogens is 2. The third-order valence-corrected chi connectivity index (χ3v) is 8.44. The molecular formula is C26H34N5O4Te. The van der Waals surface area contributed by atoms with Crippen LogP contribution in [0.4, 0.5) is 4.79 Å². The number of hydrogen-bond acceptors (Lipinski definition) is 6. The maximum absolute atomic E-state index is 12.4. The number of nitrogens with one attached hydrogen (secondary N) is 1. The van der Waals surface area contributed by atoms with E-state index in [1.54, 1.807) is 22.3 Å². The Morgan fingerprint density at radius 2 is 1.86 bits per heavy atom. The summed E-state index contributed by atoms with van der Waals surface area (Å²) in [6, 6.07) is 6.55. The maximum atomic E-state index is 12.4. The summed E-state index contributed by atoms with van der Waals surface area (Å²) in [5, 5.41) is 8.14. The number of ether oxygens (including phenoxy) is 1. The zero-order valence-electron chi connectivity index (χ0n) is 20.8.